The molecule has 0 aromatic rings. The minimum atomic E-state index is -0.622. The molecule has 0 spiro atoms. The first kappa shape index (κ1) is 13.9. The lowest BCUT2D eigenvalue weighted by Gasteiger charge is -2.22. The standard InChI is InChI=1S/C9H16O5.C2H6/c1-9(2)13-6-5(4-10)12-8(11-3)7(6)14-9;1-2/h5-8,10H,4H2,1-3H3;1-2H3. The molecule has 0 aliphatic carbocycles. The molecule has 2 rings (SSSR count). The fraction of sp³-hybridized carbons (Fsp3) is 1.00. The van der Waals surface area contributed by atoms with Crippen molar-refractivity contribution in [2.75, 3.05) is 13.7 Å². The van der Waals surface area contributed by atoms with Gasteiger partial charge in [0.25, 0.3) is 0 Å². The molecule has 5 nitrogen and oxygen atoms in total. The van der Waals surface area contributed by atoms with Crippen molar-refractivity contribution >= 4 is 0 Å². The van der Waals surface area contributed by atoms with Crippen molar-refractivity contribution in [1.82, 2.24) is 0 Å². The fourth-order valence-electron chi connectivity index (χ4n) is 1.98. The Morgan fingerprint density at radius 3 is 2.25 bits per heavy atom. The maximum absolute atomic E-state index is 9.08. The zero-order chi connectivity index (χ0) is 12.3. The van der Waals surface area contributed by atoms with Gasteiger partial charge in [-0.1, -0.05) is 13.8 Å². The highest BCUT2D eigenvalue weighted by molar-refractivity contribution is 4.94. The van der Waals surface area contributed by atoms with Crippen LogP contribution in [0.25, 0.3) is 0 Å². The third-order valence-electron chi connectivity index (χ3n) is 2.52. The highest BCUT2D eigenvalue weighted by atomic mass is 16.8. The Kier molecular flexibility index (Phi) is 4.70. The van der Waals surface area contributed by atoms with Crippen LogP contribution in [0.5, 0.6) is 0 Å². The van der Waals surface area contributed by atoms with Gasteiger partial charge in [0, 0.05) is 7.11 Å². The Hall–Kier alpha value is -0.200. The van der Waals surface area contributed by atoms with Gasteiger partial charge in [-0.25, -0.2) is 0 Å². The van der Waals surface area contributed by atoms with Gasteiger partial charge in [-0.15, -0.1) is 0 Å². The lowest BCUT2D eigenvalue weighted by Crippen LogP contribution is -2.31. The first-order valence-electron chi connectivity index (χ1n) is 5.72. The summed E-state index contributed by atoms with van der Waals surface area (Å²) < 4.78 is 21.8. The van der Waals surface area contributed by atoms with E-state index in [1.807, 2.05) is 27.7 Å². The van der Waals surface area contributed by atoms with Gasteiger partial charge >= 0.3 is 0 Å². The highest BCUT2D eigenvalue weighted by Gasteiger charge is 2.55. The number of rotatable bonds is 2. The zero-order valence-electron chi connectivity index (χ0n) is 10.6. The van der Waals surface area contributed by atoms with Crippen molar-refractivity contribution in [2.24, 2.45) is 0 Å². The lowest BCUT2D eigenvalue weighted by molar-refractivity contribution is -0.230. The summed E-state index contributed by atoms with van der Waals surface area (Å²) in [6.45, 7) is 7.60. The molecule has 1 N–H and O–H groups in total. The van der Waals surface area contributed by atoms with Gasteiger partial charge in [-0.3, -0.25) is 0 Å². The second-order valence-electron chi connectivity index (χ2n) is 4.03. The summed E-state index contributed by atoms with van der Waals surface area (Å²) >= 11 is 0. The minimum absolute atomic E-state index is 0.0829. The van der Waals surface area contributed by atoms with Crippen LogP contribution in [-0.4, -0.2) is 49.2 Å². The van der Waals surface area contributed by atoms with Crippen molar-refractivity contribution in [3.63, 3.8) is 0 Å². The first-order chi connectivity index (χ1) is 7.57. The first-order valence-corrected chi connectivity index (χ1v) is 5.72. The van der Waals surface area contributed by atoms with E-state index < -0.39 is 12.1 Å². The summed E-state index contributed by atoms with van der Waals surface area (Å²) in [5, 5.41) is 9.08. The zero-order valence-corrected chi connectivity index (χ0v) is 10.6. The predicted octanol–water partition coefficient (Wildman–Crippen LogP) is 0.896. The van der Waals surface area contributed by atoms with E-state index in [0.29, 0.717) is 0 Å². The van der Waals surface area contributed by atoms with Crippen LogP contribution in [0.4, 0.5) is 0 Å². The van der Waals surface area contributed by atoms with Crippen molar-refractivity contribution < 1.29 is 24.1 Å². The van der Waals surface area contributed by atoms with Crippen molar-refractivity contribution in [3.8, 4) is 0 Å². The number of hydrogen-bond donors (Lipinski definition) is 1. The van der Waals surface area contributed by atoms with Gasteiger partial charge in [-0.05, 0) is 13.8 Å². The summed E-state index contributed by atoms with van der Waals surface area (Å²) in [5.74, 6) is -0.622. The summed E-state index contributed by atoms with van der Waals surface area (Å²) in [6.07, 6.45) is -1.28. The molecule has 2 aliphatic heterocycles. The highest BCUT2D eigenvalue weighted by Crippen LogP contribution is 2.38. The lowest BCUT2D eigenvalue weighted by atomic mass is 10.1. The quantitative estimate of drug-likeness (QED) is 0.769. The van der Waals surface area contributed by atoms with Crippen LogP contribution in [0, 0.1) is 0 Å². The maximum atomic E-state index is 9.08. The van der Waals surface area contributed by atoms with Crippen LogP contribution in [0.2, 0.25) is 0 Å². The molecular weight excluding hydrogens is 212 g/mol. The van der Waals surface area contributed by atoms with Crippen LogP contribution >= 0.6 is 0 Å². The normalized spacial score (nSPS) is 40.1. The number of ether oxygens (including phenoxy) is 4. The molecule has 4 unspecified atom stereocenters. The van der Waals surface area contributed by atoms with Crippen LogP contribution in [0.1, 0.15) is 27.7 Å². The van der Waals surface area contributed by atoms with Crippen LogP contribution < -0.4 is 0 Å². The molecule has 5 heteroatoms. The van der Waals surface area contributed by atoms with Crippen LogP contribution in [0.15, 0.2) is 0 Å². The van der Waals surface area contributed by atoms with Crippen LogP contribution in [0.3, 0.4) is 0 Å². The molecule has 0 radical (unpaired) electrons. The van der Waals surface area contributed by atoms with E-state index in [4.69, 9.17) is 24.1 Å². The number of fused-ring (bicyclic) bond motifs is 1. The van der Waals surface area contributed by atoms with Crippen LogP contribution in [-0.2, 0) is 18.9 Å². The Balaban J connectivity index is 0.000000606. The third kappa shape index (κ3) is 2.55. The second kappa shape index (κ2) is 5.42. The molecular formula is C11H22O5. The van der Waals surface area contributed by atoms with Gasteiger partial charge in [0.15, 0.2) is 12.1 Å². The molecule has 0 saturated carbocycles. The third-order valence-corrected chi connectivity index (χ3v) is 2.52. The summed E-state index contributed by atoms with van der Waals surface area (Å²) in [6, 6.07) is 0. The Morgan fingerprint density at radius 2 is 1.75 bits per heavy atom. The molecule has 2 aliphatic rings. The largest absolute Gasteiger partial charge is 0.394 e. The average molecular weight is 234 g/mol. The topological polar surface area (TPSA) is 57.2 Å². The molecule has 16 heavy (non-hydrogen) atoms. The predicted molar refractivity (Wildman–Crippen MR) is 57.9 cm³/mol. The van der Waals surface area contributed by atoms with E-state index in [1.54, 1.807) is 7.11 Å². The number of aliphatic hydroxyl groups excluding tert-OH is 1. The molecule has 0 bridgehead atoms. The van der Waals surface area contributed by atoms with Crippen molar-refractivity contribution in [2.45, 2.75) is 58.1 Å². The molecule has 2 heterocycles. The Labute approximate surface area is 96.6 Å². The van der Waals surface area contributed by atoms with E-state index in [2.05, 4.69) is 0 Å². The number of aliphatic hydroxyl groups is 1. The Morgan fingerprint density at radius 1 is 1.19 bits per heavy atom. The summed E-state index contributed by atoms with van der Waals surface area (Å²) in [5.41, 5.74) is 0. The van der Waals surface area contributed by atoms with Crippen molar-refractivity contribution in [3.05, 3.63) is 0 Å². The second-order valence-corrected chi connectivity index (χ2v) is 4.03. The molecule has 4 atom stereocenters. The van der Waals surface area contributed by atoms with E-state index in [1.165, 1.54) is 0 Å². The fourth-order valence-corrected chi connectivity index (χ4v) is 1.98. The molecule has 0 aromatic heterocycles. The SMILES string of the molecule is CC.COC1OC(CO)C2OC(C)(C)OC12. The van der Waals surface area contributed by atoms with Gasteiger partial charge < -0.3 is 24.1 Å². The Bertz CT molecular complexity index is 198. The monoisotopic (exact) mass is 234 g/mol. The molecule has 0 amide bonds. The smallest absolute Gasteiger partial charge is 0.186 e. The summed E-state index contributed by atoms with van der Waals surface area (Å²) in [7, 11) is 1.55. The van der Waals surface area contributed by atoms with Gasteiger partial charge in [0.1, 0.15) is 18.3 Å². The minimum Gasteiger partial charge on any atom is -0.394 e. The molecule has 0 aromatic carbocycles. The molecule has 2 fully saturated rings. The van der Waals surface area contributed by atoms with E-state index in [9.17, 15) is 0 Å². The maximum Gasteiger partial charge on any atom is 0.186 e. The van der Waals surface area contributed by atoms with Gasteiger partial charge in [0.2, 0.25) is 0 Å². The average Bonchev–Trinajstić information content (AvgIpc) is 2.74. The van der Waals surface area contributed by atoms with E-state index >= 15 is 0 Å². The van der Waals surface area contributed by atoms with E-state index in [-0.39, 0.29) is 24.9 Å². The van der Waals surface area contributed by atoms with Gasteiger partial charge in [-0.2, -0.15) is 0 Å². The number of methoxy groups -OCH3 is 1. The summed E-state index contributed by atoms with van der Waals surface area (Å²) in [4.78, 5) is 0. The molecule has 2 saturated heterocycles. The number of hydrogen-bond acceptors (Lipinski definition) is 5. The van der Waals surface area contributed by atoms with E-state index in [0.717, 1.165) is 0 Å². The van der Waals surface area contributed by atoms with Crippen molar-refractivity contribution in [1.29, 1.82) is 0 Å². The van der Waals surface area contributed by atoms with Gasteiger partial charge in [0.05, 0.1) is 6.61 Å². The molecule has 96 valence electrons.